The second-order valence-corrected chi connectivity index (χ2v) is 5.83. The molecule has 0 aromatic rings. The monoisotopic (exact) mass is 286 g/mol. The standard InChI is InChI=1S/C14H20F2N2O2/c1-3-11(19)18-8-14(9-18,12(15)16)13(20)17-6-4-10(2)5-7-17/h3,10,12H,1,4-9H2,2H3. The largest absolute Gasteiger partial charge is 0.342 e. The number of alkyl halides is 2. The highest BCUT2D eigenvalue weighted by molar-refractivity contribution is 5.92. The highest BCUT2D eigenvalue weighted by atomic mass is 19.3. The van der Waals surface area contributed by atoms with Gasteiger partial charge < -0.3 is 9.80 Å². The van der Waals surface area contributed by atoms with Gasteiger partial charge in [0, 0.05) is 26.2 Å². The van der Waals surface area contributed by atoms with Gasteiger partial charge in [0.1, 0.15) is 5.41 Å². The van der Waals surface area contributed by atoms with Crippen LogP contribution in [0.5, 0.6) is 0 Å². The average Bonchev–Trinajstić information content (AvgIpc) is 2.37. The van der Waals surface area contributed by atoms with E-state index in [0.29, 0.717) is 19.0 Å². The molecule has 2 saturated heterocycles. The smallest absolute Gasteiger partial charge is 0.256 e. The normalized spacial score (nSPS) is 22.6. The zero-order chi connectivity index (χ0) is 14.9. The minimum Gasteiger partial charge on any atom is -0.342 e. The Kier molecular flexibility index (Phi) is 4.11. The van der Waals surface area contributed by atoms with Crippen molar-refractivity contribution in [3.05, 3.63) is 12.7 Å². The molecule has 0 spiro atoms. The molecular formula is C14H20F2N2O2. The molecule has 4 nitrogen and oxygen atoms in total. The Morgan fingerprint density at radius 2 is 1.80 bits per heavy atom. The Bertz CT molecular complexity index is 411. The van der Waals surface area contributed by atoms with E-state index in [1.807, 2.05) is 0 Å². The van der Waals surface area contributed by atoms with Crippen molar-refractivity contribution in [3.63, 3.8) is 0 Å². The predicted octanol–water partition coefficient (Wildman–Crippen LogP) is 1.52. The maximum absolute atomic E-state index is 13.3. The average molecular weight is 286 g/mol. The zero-order valence-corrected chi connectivity index (χ0v) is 11.6. The predicted molar refractivity (Wildman–Crippen MR) is 70.2 cm³/mol. The fourth-order valence-electron chi connectivity index (χ4n) is 2.81. The molecule has 0 aromatic carbocycles. The summed E-state index contributed by atoms with van der Waals surface area (Å²) in [5, 5.41) is 0. The minimum absolute atomic E-state index is 0.208. The molecule has 20 heavy (non-hydrogen) atoms. The van der Waals surface area contributed by atoms with E-state index in [1.54, 1.807) is 0 Å². The van der Waals surface area contributed by atoms with Crippen molar-refractivity contribution in [2.45, 2.75) is 26.2 Å². The number of amides is 2. The maximum Gasteiger partial charge on any atom is 0.256 e. The molecule has 2 amide bonds. The van der Waals surface area contributed by atoms with E-state index in [4.69, 9.17) is 0 Å². The number of carbonyl (C=O) groups excluding carboxylic acids is 2. The topological polar surface area (TPSA) is 40.6 Å². The molecule has 0 saturated carbocycles. The summed E-state index contributed by atoms with van der Waals surface area (Å²) in [6.45, 7) is 6.07. The molecule has 0 atom stereocenters. The fourth-order valence-corrected chi connectivity index (χ4v) is 2.81. The van der Waals surface area contributed by atoms with E-state index < -0.39 is 23.7 Å². The number of piperidine rings is 1. The third-order valence-electron chi connectivity index (χ3n) is 4.35. The number of likely N-dealkylation sites (tertiary alicyclic amines) is 2. The van der Waals surface area contributed by atoms with Crippen LogP contribution >= 0.6 is 0 Å². The molecule has 0 N–H and O–H groups in total. The van der Waals surface area contributed by atoms with Crippen LogP contribution in [0.4, 0.5) is 8.78 Å². The van der Waals surface area contributed by atoms with Gasteiger partial charge in [0.05, 0.1) is 0 Å². The molecule has 0 bridgehead atoms. The van der Waals surface area contributed by atoms with Crippen LogP contribution in [0.15, 0.2) is 12.7 Å². The molecule has 2 aliphatic heterocycles. The first kappa shape index (κ1) is 14.9. The summed E-state index contributed by atoms with van der Waals surface area (Å²) in [4.78, 5) is 26.5. The van der Waals surface area contributed by atoms with Crippen molar-refractivity contribution in [1.29, 1.82) is 0 Å². The van der Waals surface area contributed by atoms with E-state index in [9.17, 15) is 18.4 Å². The van der Waals surface area contributed by atoms with Gasteiger partial charge in [-0.15, -0.1) is 0 Å². The number of rotatable bonds is 3. The molecule has 0 radical (unpaired) electrons. The molecule has 2 aliphatic rings. The van der Waals surface area contributed by atoms with Crippen molar-refractivity contribution in [2.24, 2.45) is 11.3 Å². The molecular weight excluding hydrogens is 266 g/mol. The van der Waals surface area contributed by atoms with E-state index >= 15 is 0 Å². The minimum atomic E-state index is -2.75. The van der Waals surface area contributed by atoms with Crippen LogP contribution in [0.25, 0.3) is 0 Å². The molecule has 112 valence electrons. The van der Waals surface area contributed by atoms with Gasteiger partial charge in [-0.1, -0.05) is 13.5 Å². The number of halogens is 2. The Labute approximate surface area is 117 Å². The van der Waals surface area contributed by atoms with Gasteiger partial charge >= 0.3 is 0 Å². The van der Waals surface area contributed by atoms with E-state index in [0.717, 1.165) is 18.9 Å². The van der Waals surface area contributed by atoms with Crippen LogP contribution in [0, 0.1) is 11.3 Å². The number of carbonyl (C=O) groups is 2. The molecule has 2 rings (SSSR count). The summed E-state index contributed by atoms with van der Waals surface area (Å²) in [5.74, 6) is -0.379. The number of hydrogen-bond donors (Lipinski definition) is 0. The lowest BCUT2D eigenvalue weighted by molar-refractivity contribution is -0.177. The van der Waals surface area contributed by atoms with Crippen LogP contribution in [-0.4, -0.2) is 54.2 Å². The molecule has 0 unspecified atom stereocenters. The van der Waals surface area contributed by atoms with Crippen molar-refractivity contribution < 1.29 is 18.4 Å². The van der Waals surface area contributed by atoms with Gasteiger partial charge in [0.2, 0.25) is 11.8 Å². The summed E-state index contributed by atoms with van der Waals surface area (Å²) in [7, 11) is 0. The Hall–Kier alpha value is -1.46. The van der Waals surface area contributed by atoms with Crippen LogP contribution < -0.4 is 0 Å². The van der Waals surface area contributed by atoms with Gasteiger partial charge in [-0.05, 0) is 24.8 Å². The second kappa shape index (κ2) is 5.50. The molecule has 2 fully saturated rings. The molecule has 0 aliphatic carbocycles. The lowest BCUT2D eigenvalue weighted by Crippen LogP contribution is -2.68. The molecule has 0 aromatic heterocycles. The first-order valence-corrected chi connectivity index (χ1v) is 6.89. The first-order chi connectivity index (χ1) is 9.40. The highest BCUT2D eigenvalue weighted by Gasteiger charge is 2.58. The van der Waals surface area contributed by atoms with Crippen molar-refractivity contribution in [1.82, 2.24) is 9.80 Å². The third kappa shape index (κ3) is 2.43. The van der Waals surface area contributed by atoms with Crippen molar-refractivity contribution >= 4 is 11.8 Å². The Balaban J connectivity index is 2.05. The highest BCUT2D eigenvalue weighted by Crippen LogP contribution is 2.39. The lowest BCUT2D eigenvalue weighted by Gasteiger charge is -2.50. The third-order valence-corrected chi connectivity index (χ3v) is 4.35. The Morgan fingerprint density at radius 3 is 2.25 bits per heavy atom. The van der Waals surface area contributed by atoms with Crippen LogP contribution in [-0.2, 0) is 9.59 Å². The zero-order valence-electron chi connectivity index (χ0n) is 11.6. The Morgan fingerprint density at radius 1 is 1.25 bits per heavy atom. The van der Waals surface area contributed by atoms with Crippen LogP contribution in [0.1, 0.15) is 19.8 Å². The first-order valence-electron chi connectivity index (χ1n) is 6.89. The summed E-state index contributed by atoms with van der Waals surface area (Å²) in [5.41, 5.74) is -1.71. The second-order valence-electron chi connectivity index (χ2n) is 5.83. The summed E-state index contributed by atoms with van der Waals surface area (Å²) in [6.07, 6.45) is 0.0339. The van der Waals surface area contributed by atoms with Gasteiger partial charge in [-0.25, -0.2) is 8.78 Å². The van der Waals surface area contributed by atoms with E-state index in [-0.39, 0.29) is 13.1 Å². The molecule has 2 heterocycles. The molecule has 6 heteroatoms. The number of nitrogens with zero attached hydrogens (tertiary/aromatic N) is 2. The van der Waals surface area contributed by atoms with Crippen LogP contribution in [0.2, 0.25) is 0 Å². The van der Waals surface area contributed by atoms with Gasteiger partial charge in [0.15, 0.2) is 0 Å². The van der Waals surface area contributed by atoms with Gasteiger partial charge in [-0.3, -0.25) is 9.59 Å². The SMILES string of the molecule is C=CC(=O)N1CC(C(=O)N2CCC(C)CC2)(C(F)F)C1. The quantitative estimate of drug-likeness (QED) is 0.738. The van der Waals surface area contributed by atoms with E-state index in [1.165, 1.54) is 9.80 Å². The lowest BCUT2D eigenvalue weighted by atomic mass is 9.77. The van der Waals surface area contributed by atoms with Gasteiger partial charge in [0.25, 0.3) is 6.43 Å². The van der Waals surface area contributed by atoms with Crippen molar-refractivity contribution in [3.8, 4) is 0 Å². The summed E-state index contributed by atoms with van der Waals surface area (Å²) in [6, 6.07) is 0. The fraction of sp³-hybridized carbons (Fsp3) is 0.714. The summed E-state index contributed by atoms with van der Waals surface area (Å²) >= 11 is 0. The van der Waals surface area contributed by atoms with Gasteiger partial charge in [-0.2, -0.15) is 0 Å². The van der Waals surface area contributed by atoms with E-state index in [2.05, 4.69) is 13.5 Å². The van der Waals surface area contributed by atoms with Crippen molar-refractivity contribution in [2.75, 3.05) is 26.2 Å². The maximum atomic E-state index is 13.3. The summed E-state index contributed by atoms with van der Waals surface area (Å²) < 4.78 is 26.7. The van der Waals surface area contributed by atoms with Crippen LogP contribution in [0.3, 0.4) is 0 Å². The number of hydrogen-bond acceptors (Lipinski definition) is 2.